The molecule has 0 saturated heterocycles. The van der Waals surface area contributed by atoms with E-state index in [1.165, 1.54) is 21.1 Å². The van der Waals surface area contributed by atoms with E-state index in [-0.39, 0.29) is 0 Å². The smallest absolute Gasteiger partial charge is 0.166 e. The van der Waals surface area contributed by atoms with Crippen LogP contribution in [0, 0.1) is 0 Å². The van der Waals surface area contributed by atoms with E-state index in [0.717, 1.165) is 5.56 Å². The molecule has 0 aromatic heterocycles. The summed E-state index contributed by atoms with van der Waals surface area (Å²) in [4.78, 5) is 0. The first-order chi connectivity index (χ1) is 8.13. The van der Waals surface area contributed by atoms with Gasteiger partial charge in [-0.25, -0.2) is 4.39 Å². The van der Waals surface area contributed by atoms with Crippen LogP contribution in [0.1, 0.15) is 24.2 Å². The fourth-order valence-electron chi connectivity index (χ4n) is 1.61. The van der Waals surface area contributed by atoms with Gasteiger partial charge in [-0.1, -0.05) is 12.2 Å². The van der Waals surface area contributed by atoms with E-state index in [9.17, 15) is 4.39 Å². The summed E-state index contributed by atoms with van der Waals surface area (Å²) in [5.41, 5.74) is 6.70. The summed E-state index contributed by atoms with van der Waals surface area (Å²) in [6.07, 6.45) is 2.51. The van der Waals surface area contributed by atoms with Crippen LogP contribution in [-0.2, 0) is 0 Å². The molecule has 0 heterocycles. The Morgan fingerprint density at radius 1 is 1.35 bits per heavy atom. The van der Waals surface area contributed by atoms with Gasteiger partial charge < -0.3 is 15.2 Å². The number of halogens is 1. The zero-order chi connectivity index (χ0) is 12.8. The first kappa shape index (κ1) is 13.5. The normalized spacial score (nSPS) is 12.8. The van der Waals surface area contributed by atoms with Crippen molar-refractivity contribution < 1.29 is 13.9 Å². The Morgan fingerprint density at radius 2 is 2.06 bits per heavy atom. The Balaban J connectivity index is 3.29. The van der Waals surface area contributed by atoms with Gasteiger partial charge in [-0.05, 0) is 24.6 Å². The van der Waals surface area contributed by atoms with E-state index in [0.29, 0.717) is 23.6 Å². The van der Waals surface area contributed by atoms with Crippen molar-refractivity contribution in [3.05, 3.63) is 29.3 Å². The largest absolute Gasteiger partial charge is 0.493 e. The van der Waals surface area contributed by atoms with Gasteiger partial charge in [0.15, 0.2) is 11.5 Å². The van der Waals surface area contributed by atoms with Crippen LogP contribution in [0.3, 0.4) is 0 Å². The van der Waals surface area contributed by atoms with Gasteiger partial charge in [0.1, 0.15) is 6.17 Å². The predicted molar refractivity (Wildman–Crippen MR) is 67.2 cm³/mol. The van der Waals surface area contributed by atoms with Crippen LogP contribution in [0.5, 0.6) is 11.5 Å². The molecule has 17 heavy (non-hydrogen) atoms. The standard InChI is InChI=1S/C13H18FNO2/c1-9(14)11-7-10(5-4-6-15)8-12(16-2)13(11)17-3/h4-5,7-9H,6,15H2,1-3H3/b5-4+. The highest BCUT2D eigenvalue weighted by atomic mass is 19.1. The van der Waals surface area contributed by atoms with Crippen LogP contribution in [-0.4, -0.2) is 20.8 Å². The maximum atomic E-state index is 13.5. The molecule has 0 aliphatic heterocycles. The first-order valence-corrected chi connectivity index (χ1v) is 5.40. The van der Waals surface area contributed by atoms with Crippen molar-refractivity contribution in [3.63, 3.8) is 0 Å². The molecular weight excluding hydrogens is 221 g/mol. The van der Waals surface area contributed by atoms with Gasteiger partial charge in [-0.15, -0.1) is 0 Å². The number of nitrogens with two attached hydrogens (primary N) is 1. The number of rotatable bonds is 5. The van der Waals surface area contributed by atoms with Crippen molar-refractivity contribution in [1.82, 2.24) is 0 Å². The molecule has 1 rings (SSSR count). The number of methoxy groups -OCH3 is 2. The molecule has 1 aromatic carbocycles. The van der Waals surface area contributed by atoms with Gasteiger partial charge in [0.2, 0.25) is 0 Å². The molecule has 1 atom stereocenters. The lowest BCUT2D eigenvalue weighted by atomic mass is 10.0. The molecule has 4 heteroatoms. The summed E-state index contributed by atoms with van der Waals surface area (Å²) in [5, 5.41) is 0. The van der Waals surface area contributed by atoms with Crippen LogP contribution in [0.25, 0.3) is 6.08 Å². The lowest BCUT2D eigenvalue weighted by molar-refractivity contribution is 0.324. The SMILES string of the molecule is COc1cc(/C=C/CN)cc(C(C)F)c1OC. The Morgan fingerprint density at radius 3 is 2.53 bits per heavy atom. The second-order valence-corrected chi connectivity index (χ2v) is 3.60. The van der Waals surface area contributed by atoms with Crippen LogP contribution in [0.4, 0.5) is 4.39 Å². The fraction of sp³-hybridized carbons (Fsp3) is 0.385. The van der Waals surface area contributed by atoms with Crippen LogP contribution in [0.15, 0.2) is 18.2 Å². The maximum Gasteiger partial charge on any atom is 0.166 e. The van der Waals surface area contributed by atoms with E-state index < -0.39 is 6.17 Å². The van der Waals surface area contributed by atoms with Crippen LogP contribution >= 0.6 is 0 Å². The number of alkyl halides is 1. The topological polar surface area (TPSA) is 44.5 Å². The quantitative estimate of drug-likeness (QED) is 0.859. The van der Waals surface area contributed by atoms with Gasteiger partial charge in [0.25, 0.3) is 0 Å². The van der Waals surface area contributed by atoms with Crippen molar-refractivity contribution in [2.45, 2.75) is 13.1 Å². The Kier molecular flexibility index (Phi) is 4.97. The third kappa shape index (κ3) is 3.20. The summed E-state index contributed by atoms with van der Waals surface area (Å²) in [6, 6.07) is 3.52. The predicted octanol–water partition coefficient (Wildman–Crippen LogP) is 2.71. The highest BCUT2D eigenvalue weighted by molar-refractivity contribution is 5.60. The van der Waals surface area contributed by atoms with Crippen molar-refractivity contribution in [2.75, 3.05) is 20.8 Å². The van der Waals surface area contributed by atoms with E-state index in [1.807, 2.05) is 6.08 Å². The summed E-state index contributed by atoms with van der Waals surface area (Å²) >= 11 is 0. The van der Waals surface area contributed by atoms with Crippen molar-refractivity contribution >= 4 is 6.08 Å². The zero-order valence-electron chi connectivity index (χ0n) is 10.4. The number of benzene rings is 1. The molecule has 1 aromatic rings. The maximum absolute atomic E-state index is 13.5. The van der Waals surface area contributed by atoms with Crippen molar-refractivity contribution in [2.24, 2.45) is 5.73 Å². The highest BCUT2D eigenvalue weighted by Crippen LogP contribution is 2.37. The molecule has 0 spiro atoms. The van der Waals surface area contributed by atoms with Crippen LogP contribution < -0.4 is 15.2 Å². The molecule has 0 saturated carbocycles. The molecule has 0 amide bonds. The van der Waals surface area contributed by atoms with E-state index in [2.05, 4.69) is 0 Å². The first-order valence-electron chi connectivity index (χ1n) is 5.40. The zero-order valence-corrected chi connectivity index (χ0v) is 10.4. The summed E-state index contributed by atoms with van der Waals surface area (Å²) < 4.78 is 23.9. The molecule has 94 valence electrons. The minimum atomic E-state index is -1.12. The monoisotopic (exact) mass is 239 g/mol. The Labute approximate surface area is 101 Å². The molecule has 0 aliphatic rings. The third-order valence-electron chi connectivity index (χ3n) is 2.40. The summed E-state index contributed by atoms with van der Waals surface area (Å²) in [5.74, 6) is 0.957. The average Bonchev–Trinajstić information content (AvgIpc) is 2.34. The second kappa shape index (κ2) is 6.25. The van der Waals surface area contributed by atoms with E-state index >= 15 is 0 Å². The molecule has 1 unspecified atom stereocenters. The molecule has 2 N–H and O–H groups in total. The molecular formula is C13H18FNO2. The van der Waals surface area contributed by atoms with Gasteiger partial charge in [0.05, 0.1) is 14.2 Å². The number of ether oxygens (including phenoxy) is 2. The second-order valence-electron chi connectivity index (χ2n) is 3.60. The van der Waals surface area contributed by atoms with E-state index in [4.69, 9.17) is 15.2 Å². The Hall–Kier alpha value is -1.55. The molecule has 0 bridgehead atoms. The van der Waals surface area contributed by atoms with Crippen molar-refractivity contribution in [1.29, 1.82) is 0 Å². The molecule has 0 aliphatic carbocycles. The van der Waals surface area contributed by atoms with Gasteiger partial charge >= 0.3 is 0 Å². The minimum Gasteiger partial charge on any atom is -0.493 e. The van der Waals surface area contributed by atoms with Gasteiger partial charge in [-0.2, -0.15) is 0 Å². The van der Waals surface area contributed by atoms with Crippen molar-refractivity contribution in [3.8, 4) is 11.5 Å². The average molecular weight is 239 g/mol. The lowest BCUT2D eigenvalue weighted by Gasteiger charge is -2.14. The lowest BCUT2D eigenvalue weighted by Crippen LogP contribution is -1.98. The number of hydrogen-bond acceptors (Lipinski definition) is 3. The Bertz CT molecular complexity index is 403. The molecule has 0 fully saturated rings. The number of hydrogen-bond donors (Lipinski definition) is 1. The third-order valence-corrected chi connectivity index (χ3v) is 2.40. The summed E-state index contributed by atoms with van der Waals surface area (Å²) in [6.45, 7) is 1.91. The molecule has 3 nitrogen and oxygen atoms in total. The highest BCUT2D eigenvalue weighted by Gasteiger charge is 2.16. The van der Waals surface area contributed by atoms with E-state index in [1.54, 1.807) is 18.2 Å². The van der Waals surface area contributed by atoms with Gasteiger partial charge in [0, 0.05) is 12.1 Å². The van der Waals surface area contributed by atoms with Gasteiger partial charge in [-0.3, -0.25) is 0 Å². The minimum absolute atomic E-state index is 0.437. The molecule has 0 radical (unpaired) electrons. The van der Waals surface area contributed by atoms with Crippen LogP contribution in [0.2, 0.25) is 0 Å². The fourth-order valence-corrected chi connectivity index (χ4v) is 1.61. The summed E-state index contributed by atoms with van der Waals surface area (Å²) in [7, 11) is 3.03.